The Morgan fingerprint density at radius 1 is 1.14 bits per heavy atom. The molecule has 1 aliphatic carbocycles. The lowest BCUT2D eigenvalue weighted by Gasteiger charge is -2.17. The van der Waals surface area contributed by atoms with Gasteiger partial charge < -0.3 is 9.64 Å². The van der Waals surface area contributed by atoms with Crippen LogP contribution in [0.25, 0.3) is 0 Å². The SMILES string of the molecule is CN(C(=O)COC(=O)c1cc(S(=O)(=O)NC2CC2)c(Cl)cc1Cl)c1ccccc1. The van der Waals surface area contributed by atoms with Gasteiger partial charge in [-0.3, -0.25) is 4.79 Å². The van der Waals surface area contributed by atoms with Gasteiger partial charge in [-0.25, -0.2) is 17.9 Å². The second-order valence-electron chi connectivity index (χ2n) is 6.52. The summed E-state index contributed by atoms with van der Waals surface area (Å²) in [7, 11) is -2.35. The summed E-state index contributed by atoms with van der Waals surface area (Å²) in [5, 5.41) is -0.186. The minimum absolute atomic E-state index is 0.0748. The van der Waals surface area contributed by atoms with E-state index in [1.165, 1.54) is 11.0 Å². The van der Waals surface area contributed by atoms with Gasteiger partial charge in [-0.2, -0.15) is 0 Å². The minimum Gasteiger partial charge on any atom is -0.452 e. The number of amides is 1. The molecule has 0 aromatic heterocycles. The fraction of sp³-hybridized carbons (Fsp3) is 0.263. The van der Waals surface area contributed by atoms with Gasteiger partial charge in [0.1, 0.15) is 4.90 Å². The van der Waals surface area contributed by atoms with E-state index in [2.05, 4.69) is 4.72 Å². The molecule has 1 fully saturated rings. The third-order valence-corrected chi connectivity index (χ3v) is 6.57. The van der Waals surface area contributed by atoms with Gasteiger partial charge in [0.2, 0.25) is 10.0 Å². The van der Waals surface area contributed by atoms with Crippen molar-refractivity contribution in [1.82, 2.24) is 4.72 Å². The van der Waals surface area contributed by atoms with Gasteiger partial charge in [-0.15, -0.1) is 0 Å². The molecule has 1 N–H and O–H groups in total. The van der Waals surface area contributed by atoms with Crippen molar-refractivity contribution in [1.29, 1.82) is 0 Å². The standard InChI is InChI=1S/C19H18Cl2N2O5S/c1-23(13-5-3-2-4-6-13)18(24)11-28-19(25)14-9-17(16(21)10-15(14)20)29(26,27)22-12-7-8-12/h2-6,9-10,12,22H,7-8,11H2,1H3. The highest BCUT2D eigenvalue weighted by molar-refractivity contribution is 7.89. The third kappa shape index (κ3) is 5.27. The van der Waals surface area contributed by atoms with Crippen molar-refractivity contribution in [3.05, 3.63) is 58.1 Å². The zero-order chi connectivity index (χ0) is 21.2. The maximum Gasteiger partial charge on any atom is 0.340 e. The van der Waals surface area contributed by atoms with E-state index in [4.69, 9.17) is 27.9 Å². The second-order valence-corrected chi connectivity index (χ2v) is 9.02. The summed E-state index contributed by atoms with van der Waals surface area (Å²) in [4.78, 5) is 25.8. The number of likely N-dealkylation sites (N-methyl/N-ethyl adjacent to an activating group) is 1. The lowest BCUT2D eigenvalue weighted by Crippen LogP contribution is -2.31. The number of sulfonamides is 1. The van der Waals surface area contributed by atoms with Crippen LogP contribution in [0.2, 0.25) is 10.0 Å². The largest absolute Gasteiger partial charge is 0.452 e. The molecular weight excluding hydrogens is 439 g/mol. The number of nitrogens with one attached hydrogen (secondary N) is 1. The molecule has 29 heavy (non-hydrogen) atoms. The highest BCUT2D eigenvalue weighted by Gasteiger charge is 2.30. The van der Waals surface area contributed by atoms with E-state index in [0.29, 0.717) is 5.69 Å². The first-order valence-electron chi connectivity index (χ1n) is 8.69. The van der Waals surface area contributed by atoms with Crippen molar-refractivity contribution < 1.29 is 22.7 Å². The Morgan fingerprint density at radius 3 is 2.41 bits per heavy atom. The number of rotatable bonds is 7. The van der Waals surface area contributed by atoms with Crippen LogP contribution in [0, 0.1) is 0 Å². The number of carbonyl (C=O) groups is 2. The Balaban J connectivity index is 1.73. The lowest BCUT2D eigenvalue weighted by atomic mass is 10.2. The molecular formula is C19H18Cl2N2O5S. The number of esters is 1. The predicted molar refractivity (Wildman–Crippen MR) is 110 cm³/mol. The molecule has 3 rings (SSSR count). The average molecular weight is 457 g/mol. The predicted octanol–water partition coefficient (Wildman–Crippen LogP) is 3.25. The van der Waals surface area contributed by atoms with E-state index in [1.807, 2.05) is 6.07 Å². The number of hydrogen-bond acceptors (Lipinski definition) is 5. The molecule has 0 aliphatic heterocycles. The summed E-state index contributed by atoms with van der Waals surface area (Å²) in [5.41, 5.74) is 0.444. The van der Waals surface area contributed by atoms with Crippen molar-refractivity contribution in [3.8, 4) is 0 Å². The first-order valence-corrected chi connectivity index (χ1v) is 10.9. The lowest BCUT2D eigenvalue weighted by molar-refractivity contribution is -0.121. The number of benzene rings is 2. The molecule has 7 nitrogen and oxygen atoms in total. The van der Waals surface area contributed by atoms with Crippen LogP contribution in [0.3, 0.4) is 0 Å². The van der Waals surface area contributed by atoms with Crippen LogP contribution in [0.1, 0.15) is 23.2 Å². The van der Waals surface area contributed by atoms with E-state index in [-0.39, 0.29) is 26.5 Å². The normalized spacial score (nSPS) is 13.8. The van der Waals surface area contributed by atoms with Crippen LogP contribution in [-0.4, -0.2) is 40.0 Å². The molecule has 0 unspecified atom stereocenters. The van der Waals surface area contributed by atoms with E-state index in [1.54, 1.807) is 31.3 Å². The van der Waals surface area contributed by atoms with Crippen LogP contribution in [0.5, 0.6) is 0 Å². The summed E-state index contributed by atoms with van der Waals surface area (Å²) in [5.74, 6) is -1.39. The van der Waals surface area contributed by atoms with Crippen molar-refractivity contribution in [3.63, 3.8) is 0 Å². The molecule has 0 saturated heterocycles. The van der Waals surface area contributed by atoms with E-state index in [0.717, 1.165) is 18.9 Å². The molecule has 0 heterocycles. The number of carbonyl (C=O) groups excluding carboxylic acids is 2. The Hall–Kier alpha value is -2.13. The Morgan fingerprint density at radius 2 is 1.79 bits per heavy atom. The molecule has 154 valence electrons. The fourth-order valence-electron chi connectivity index (χ4n) is 2.47. The highest BCUT2D eigenvalue weighted by atomic mass is 35.5. The molecule has 1 amide bonds. The van der Waals surface area contributed by atoms with E-state index >= 15 is 0 Å². The van der Waals surface area contributed by atoms with Gasteiger partial charge in [-0.1, -0.05) is 41.4 Å². The van der Waals surface area contributed by atoms with Gasteiger partial charge >= 0.3 is 5.97 Å². The summed E-state index contributed by atoms with van der Waals surface area (Å²) in [6, 6.07) is 10.9. The van der Waals surface area contributed by atoms with Crippen LogP contribution in [0.15, 0.2) is 47.4 Å². The molecule has 2 aromatic rings. The molecule has 2 aromatic carbocycles. The van der Waals surface area contributed by atoms with Gasteiger partial charge in [0.15, 0.2) is 6.61 Å². The monoisotopic (exact) mass is 456 g/mol. The number of nitrogens with zero attached hydrogens (tertiary/aromatic N) is 1. The smallest absolute Gasteiger partial charge is 0.340 e. The molecule has 10 heteroatoms. The Bertz CT molecular complexity index is 1040. The molecule has 1 aliphatic rings. The van der Waals surface area contributed by atoms with E-state index in [9.17, 15) is 18.0 Å². The van der Waals surface area contributed by atoms with Crippen molar-refractivity contribution >= 4 is 50.8 Å². The molecule has 1 saturated carbocycles. The third-order valence-electron chi connectivity index (χ3n) is 4.27. The first kappa shape index (κ1) is 21.6. The van der Waals surface area contributed by atoms with Crippen LogP contribution < -0.4 is 9.62 Å². The number of anilines is 1. The maximum absolute atomic E-state index is 12.5. The second kappa shape index (κ2) is 8.71. The zero-order valence-electron chi connectivity index (χ0n) is 15.4. The summed E-state index contributed by atoms with van der Waals surface area (Å²) in [6.45, 7) is -0.536. The van der Waals surface area contributed by atoms with Crippen molar-refractivity contribution in [2.45, 2.75) is 23.8 Å². The zero-order valence-corrected chi connectivity index (χ0v) is 17.7. The van der Waals surface area contributed by atoms with Gasteiger partial charge in [0.05, 0.1) is 15.6 Å². The Kier molecular flexibility index (Phi) is 6.48. The fourth-order valence-corrected chi connectivity index (χ4v) is 4.63. The van der Waals surface area contributed by atoms with Gasteiger partial charge in [0, 0.05) is 18.8 Å². The molecule has 0 spiro atoms. The molecule has 0 radical (unpaired) electrons. The number of ether oxygens (including phenoxy) is 1. The maximum atomic E-state index is 12.5. The number of halogens is 2. The van der Waals surface area contributed by atoms with Crippen LogP contribution >= 0.6 is 23.2 Å². The summed E-state index contributed by atoms with van der Waals surface area (Å²) < 4.78 is 32.4. The number of hydrogen-bond donors (Lipinski definition) is 1. The van der Waals surface area contributed by atoms with Gasteiger partial charge in [0.25, 0.3) is 5.91 Å². The highest BCUT2D eigenvalue weighted by Crippen LogP contribution is 2.31. The van der Waals surface area contributed by atoms with E-state index < -0.39 is 28.5 Å². The number of para-hydroxylation sites is 1. The average Bonchev–Trinajstić information content (AvgIpc) is 3.49. The summed E-state index contributed by atoms with van der Waals surface area (Å²) >= 11 is 12.1. The quantitative estimate of drug-likeness (QED) is 0.645. The van der Waals surface area contributed by atoms with Crippen molar-refractivity contribution in [2.24, 2.45) is 0 Å². The summed E-state index contributed by atoms with van der Waals surface area (Å²) in [6.07, 6.45) is 1.49. The van der Waals surface area contributed by atoms with Crippen molar-refractivity contribution in [2.75, 3.05) is 18.6 Å². The van der Waals surface area contributed by atoms with Crippen LogP contribution in [0.4, 0.5) is 5.69 Å². The minimum atomic E-state index is -3.90. The Labute approximate surface area is 178 Å². The molecule has 0 atom stereocenters. The van der Waals surface area contributed by atoms with Crippen LogP contribution in [-0.2, 0) is 19.6 Å². The topological polar surface area (TPSA) is 92.8 Å². The first-order chi connectivity index (χ1) is 13.7. The van der Waals surface area contributed by atoms with Gasteiger partial charge in [-0.05, 0) is 37.1 Å². The molecule has 0 bridgehead atoms.